The van der Waals surface area contributed by atoms with Gasteiger partial charge in [-0.05, 0) is 25.1 Å². The Morgan fingerprint density at radius 1 is 1.50 bits per heavy atom. The van der Waals surface area contributed by atoms with Crippen LogP contribution in [0.4, 0.5) is 0 Å². The van der Waals surface area contributed by atoms with Crippen molar-refractivity contribution >= 4 is 11.8 Å². The number of aromatic nitrogens is 2. The lowest BCUT2D eigenvalue weighted by atomic mass is 10.0. The minimum Gasteiger partial charge on any atom is -0.308 e. The van der Waals surface area contributed by atoms with E-state index in [0.717, 1.165) is 12.2 Å². The summed E-state index contributed by atoms with van der Waals surface area (Å²) in [6.45, 7) is 3.13. The van der Waals surface area contributed by atoms with Gasteiger partial charge in [0.05, 0.1) is 17.9 Å². The molecule has 1 aromatic heterocycles. The zero-order valence-electron chi connectivity index (χ0n) is 9.72. The predicted molar refractivity (Wildman–Crippen MR) is 68.5 cm³/mol. The van der Waals surface area contributed by atoms with Crippen molar-refractivity contribution in [1.82, 2.24) is 15.3 Å². The first-order chi connectivity index (χ1) is 7.92. The number of nitrogens with zero attached hydrogens (tertiary/aromatic N) is 2. The molecule has 1 N–H and O–H groups in total. The van der Waals surface area contributed by atoms with Gasteiger partial charge in [-0.1, -0.05) is 13.3 Å². The molecule has 2 heterocycles. The van der Waals surface area contributed by atoms with Crippen molar-refractivity contribution in [2.24, 2.45) is 0 Å². The van der Waals surface area contributed by atoms with E-state index in [0.29, 0.717) is 11.3 Å². The van der Waals surface area contributed by atoms with Crippen LogP contribution in [-0.4, -0.2) is 27.5 Å². The number of thioether (sulfide) groups is 1. The molecule has 0 radical (unpaired) electrons. The SMILES string of the molecule is CCNC(c1cnccn1)C1CCCCS1. The van der Waals surface area contributed by atoms with Gasteiger partial charge in [-0.15, -0.1) is 0 Å². The fraction of sp³-hybridized carbons (Fsp3) is 0.667. The lowest BCUT2D eigenvalue weighted by molar-refractivity contribution is 0.480. The van der Waals surface area contributed by atoms with Crippen molar-refractivity contribution in [2.45, 2.75) is 37.5 Å². The molecule has 1 aromatic rings. The van der Waals surface area contributed by atoms with E-state index in [1.807, 2.05) is 6.20 Å². The Morgan fingerprint density at radius 3 is 3.06 bits per heavy atom. The second-order valence-corrected chi connectivity index (χ2v) is 5.42. The quantitative estimate of drug-likeness (QED) is 0.872. The molecule has 1 aliphatic rings. The summed E-state index contributed by atoms with van der Waals surface area (Å²) in [5.41, 5.74) is 1.09. The van der Waals surface area contributed by atoms with Crippen molar-refractivity contribution in [3.63, 3.8) is 0 Å². The van der Waals surface area contributed by atoms with E-state index in [1.165, 1.54) is 25.0 Å². The molecule has 1 saturated heterocycles. The van der Waals surface area contributed by atoms with Gasteiger partial charge >= 0.3 is 0 Å². The van der Waals surface area contributed by atoms with Gasteiger partial charge in [-0.25, -0.2) is 0 Å². The van der Waals surface area contributed by atoms with Crippen LogP contribution >= 0.6 is 11.8 Å². The van der Waals surface area contributed by atoms with E-state index in [4.69, 9.17) is 0 Å². The minimum absolute atomic E-state index is 0.365. The van der Waals surface area contributed by atoms with Crippen LogP contribution in [0.5, 0.6) is 0 Å². The summed E-state index contributed by atoms with van der Waals surface area (Å²) >= 11 is 2.08. The van der Waals surface area contributed by atoms with Crippen molar-refractivity contribution in [3.8, 4) is 0 Å². The van der Waals surface area contributed by atoms with Gasteiger partial charge in [-0.2, -0.15) is 11.8 Å². The third-order valence-electron chi connectivity index (χ3n) is 2.91. The molecule has 2 atom stereocenters. The average Bonchev–Trinajstić information content (AvgIpc) is 2.38. The summed E-state index contributed by atoms with van der Waals surface area (Å²) in [5, 5.41) is 4.20. The highest BCUT2D eigenvalue weighted by Gasteiger charge is 2.25. The maximum absolute atomic E-state index is 4.43. The Kier molecular flexibility index (Phi) is 4.60. The number of nitrogens with one attached hydrogen (secondary N) is 1. The molecular formula is C12H19N3S. The van der Waals surface area contributed by atoms with Crippen molar-refractivity contribution in [3.05, 3.63) is 24.3 Å². The number of hydrogen-bond acceptors (Lipinski definition) is 4. The second-order valence-electron chi connectivity index (χ2n) is 4.07. The number of hydrogen-bond donors (Lipinski definition) is 1. The minimum atomic E-state index is 0.365. The summed E-state index contributed by atoms with van der Waals surface area (Å²) in [6.07, 6.45) is 9.41. The van der Waals surface area contributed by atoms with Gasteiger partial charge in [-0.3, -0.25) is 9.97 Å². The third kappa shape index (κ3) is 2.95. The van der Waals surface area contributed by atoms with Gasteiger partial charge in [0, 0.05) is 17.6 Å². The first-order valence-electron chi connectivity index (χ1n) is 6.02. The highest BCUT2D eigenvalue weighted by atomic mass is 32.2. The molecule has 2 rings (SSSR count). The summed E-state index contributed by atoms with van der Waals surface area (Å²) in [5.74, 6) is 1.28. The molecule has 4 heteroatoms. The Morgan fingerprint density at radius 2 is 2.44 bits per heavy atom. The van der Waals surface area contributed by atoms with Crippen LogP contribution in [0.1, 0.15) is 37.9 Å². The molecule has 16 heavy (non-hydrogen) atoms. The van der Waals surface area contributed by atoms with Gasteiger partial charge < -0.3 is 5.32 Å². The highest BCUT2D eigenvalue weighted by molar-refractivity contribution is 8.00. The van der Waals surface area contributed by atoms with Crippen LogP contribution in [0.15, 0.2) is 18.6 Å². The van der Waals surface area contributed by atoms with Gasteiger partial charge in [0.25, 0.3) is 0 Å². The monoisotopic (exact) mass is 237 g/mol. The Labute approximate surface area is 101 Å². The second kappa shape index (κ2) is 6.21. The van der Waals surface area contributed by atoms with Crippen LogP contribution in [0.25, 0.3) is 0 Å². The molecule has 0 aromatic carbocycles. The van der Waals surface area contributed by atoms with E-state index in [9.17, 15) is 0 Å². The number of rotatable bonds is 4. The maximum atomic E-state index is 4.43. The first-order valence-corrected chi connectivity index (χ1v) is 7.07. The van der Waals surface area contributed by atoms with E-state index < -0.39 is 0 Å². The fourth-order valence-electron chi connectivity index (χ4n) is 2.15. The van der Waals surface area contributed by atoms with Crippen molar-refractivity contribution in [1.29, 1.82) is 0 Å². The standard InChI is InChI=1S/C12H19N3S/c1-2-14-12(10-9-13-6-7-15-10)11-5-3-4-8-16-11/h6-7,9,11-12,14H,2-5,8H2,1H3. The molecule has 88 valence electrons. The molecule has 0 spiro atoms. The smallest absolute Gasteiger partial charge is 0.0767 e. The Hall–Kier alpha value is -0.610. The van der Waals surface area contributed by atoms with Gasteiger partial charge in [0.2, 0.25) is 0 Å². The molecule has 0 amide bonds. The molecule has 1 aliphatic heterocycles. The molecule has 3 nitrogen and oxygen atoms in total. The molecule has 1 fully saturated rings. The van der Waals surface area contributed by atoms with E-state index >= 15 is 0 Å². The maximum Gasteiger partial charge on any atom is 0.0767 e. The molecule has 0 saturated carbocycles. The first kappa shape index (κ1) is 11.9. The highest BCUT2D eigenvalue weighted by Crippen LogP contribution is 2.33. The molecule has 2 unspecified atom stereocenters. The van der Waals surface area contributed by atoms with E-state index in [2.05, 4.69) is 34.0 Å². The normalized spacial score (nSPS) is 22.9. The third-order valence-corrected chi connectivity index (χ3v) is 4.37. The molecule has 0 bridgehead atoms. The average molecular weight is 237 g/mol. The molecular weight excluding hydrogens is 218 g/mol. The topological polar surface area (TPSA) is 37.8 Å². The zero-order chi connectivity index (χ0) is 11.2. The van der Waals surface area contributed by atoms with Crippen LogP contribution in [0.2, 0.25) is 0 Å². The van der Waals surface area contributed by atoms with Crippen LogP contribution in [0, 0.1) is 0 Å². The van der Waals surface area contributed by atoms with Crippen LogP contribution in [-0.2, 0) is 0 Å². The van der Waals surface area contributed by atoms with Crippen LogP contribution in [0.3, 0.4) is 0 Å². The fourth-order valence-corrected chi connectivity index (χ4v) is 3.58. The lowest BCUT2D eigenvalue weighted by Gasteiger charge is -2.29. The largest absolute Gasteiger partial charge is 0.308 e. The van der Waals surface area contributed by atoms with E-state index in [1.54, 1.807) is 12.4 Å². The van der Waals surface area contributed by atoms with E-state index in [-0.39, 0.29) is 0 Å². The zero-order valence-corrected chi connectivity index (χ0v) is 10.5. The Bertz CT molecular complexity index is 298. The van der Waals surface area contributed by atoms with Gasteiger partial charge in [0.1, 0.15) is 0 Å². The summed E-state index contributed by atoms with van der Waals surface area (Å²) < 4.78 is 0. The predicted octanol–water partition coefficient (Wildman–Crippen LogP) is 2.41. The lowest BCUT2D eigenvalue weighted by Crippen LogP contribution is -2.32. The summed E-state index contributed by atoms with van der Waals surface area (Å²) in [7, 11) is 0. The van der Waals surface area contributed by atoms with Gasteiger partial charge in [0.15, 0.2) is 0 Å². The van der Waals surface area contributed by atoms with Crippen molar-refractivity contribution < 1.29 is 0 Å². The summed E-state index contributed by atoms with van der Waals surface area (Å²) in [4.78, 5) is 8.61. The van der Waals surface area contributed by atoms with Crippen LogP contribution < -0.4 is 5.32 Å². The van der Waals surface area contributed by atoms with Crippen molar-refractivity contribution in [2.75, 3.05) is 12.3 Å². The Balaban J connectivity index is 2.09. The molecule has 0 aliphatic carbocycles. The summed E-state index contributed by atoms with van der Waals surface area (Å²) in [6, 6.07) is 0.365.